The Labute approximate surface area is 194 Å². The van der Waals surface area contributed by atoms with E-state index in [4.69, 9.17) is 0 Å². The molecule has 6 nitrogen and oxygen atoms in total. The number of rotatable bonds is 6. The number of nitrogens with one attached hydrogen (secondary N) is 1. The van der Waals surface area contributed by atoms with Gasteiger partial charge in [0.2, 0.25) is 15.9 Å². The minimum Gasteiger partial charge on any atom is -0.352 e. The number of likely N-dealkylation sites (tertiary alicyclic amines) is 1. The summed E-state index contributed by atoms with van der Waals surface area (Å²) in [4.78, 5) is 15.7. The van der Waals surface area contributed by atoms with Gasteiger partial charge < -0.3 is 10.2 Å². The maximum absolute atomic E-state index is 13.3. The Balaban J connectivity index is 1.54. The summed E-state index contributed by atoms with van der Waals surface area (Å²) in [6.07, 6.45) is 2.42. The highest BCUT2D eigenvalue weighted by atomic mass is 32.2. The topological polar surface area (TPSA) is 69.7 Å². The average Bonchev–Trinajstić information content (AvgIpc) is 2.66. The molecule has 0 saturated carbocycles. The van der Waals surface area contributed by atoms with E-state index in [1.165, 1.54) is 6.42 Å². The lowest BCUT2D eigenvalue weighted by Gasteiger charge is -2.37. The zero-order valence-electron chi connectivity index (χ0n) is 20.6. The molecule has 1 N–H and O–H groups in total. The second-order valence-corrected chi connectivity index (χ2v) is 12.4. The molecule has 0 aliphatic carbocycles. The summed E-state index contributed by atoms with van der Waals surface area (Å²) in [5.74, 6) is 1.35. The Kier molecular flexibility index (Phi) is 8.05. The van der Waals surface area contributed by atoms with Crippen molar-refractivity contribution in [3.05, 3.63) is 28.8 Å². The Hall–Kier alpha value is -1.44. The van der Waals surface area contributed by atoms with Crippen LogP contribution in [0.1, 0.15) is 56.7 Å². The molecule has 2 aliphatic heterocycles. The Bertz CT molecular complexity index is 889. The molecule has 2 heterocycles. The summed E-state index contributed by atoms with van der Waals surface area (Å²) in [7, 11) is -3.55. The van der Waals surface area contributed by atoms with E-state index >= 15 is 0 Å². The second kappa shape index (κ2) is 10.2. The van der Waals surface area contributed by atoms with Gasteiger partial charge in [0.25, 0.3) is 0 Å². The van der Waals surface area contributed by atoms with E-state index < -0.39 is 10.0 Å². The first-order chi connectivity index (χ1) is 15.0. The Morgan fingerprint density at radius 1 is 1.06 bits per heavy atom. The van der Waals surface area contributed by atoms with Gasteiger partial charge in [-0.15, -0.1) is 0 Å². The molecule has 3 unspecified atom stereocenters. The van der Waals surface area contributed by atoms with E-state index in [1.54, 1.807) is 4.31 Å². The fourth-order valence-corrected chi connectivity index (χ4v) is 7.68. The van der Waals surface area contributed by atoms with Crippen LogP contribution in [0.25, 0.3) is 0 Å². The number of carbonyl (C=O) groups excluding carboxylic acids is 1. The first-order valence-corrected chi connectivity index (χ1v) is 13.5. The third-order valence-electron chi connectivity index (χ3n) is 6.89. The molecule has 2 fully saturated rings. The van der Waals surface area contributed by atoms with Gasteiger partial charge in [-0.2, -0.15) is 4.31 Å². The van der Waals surface area contributed by atoms with Gasteiger partial charge in [0.05, 0.1) is 4.90 Å². The highest BCUT2D eigenvalue weighted by Gasteiger charge is 2.34. The quantitative estimate of drug-likeness (QED) is 0.701. The number of amides is 1. The largest absolute Gasteiger partial charge is 0.352 e. The fraction of sp³-hybridized carbons (Fsp3) is 0.720. The van der Waals surface area contributed by atoms with E-state index in [0.29, 0.717) is 42.7 Å². The summed E-state index contributed by atoms with van der Waals surface area (Å²) >= 11 is 0. The van der Waals surface area contributed by atoms with Gasteiger partial charge in [0.1, 0.15) is 0 Å². The molecule has 32 heavy (non-hydrogen) atoms. The second-order valence-electron chi connectivity index (χ2n) is 10.5. The third kappa shape index (κ3) is 5.91. The van der Waals surface area contributed by atoms with Crippen molar-refractivity contribution in [3.63, 3.8) is 0 Å². The molecule has 1 aromatic rings. The van der Waals surface area contributed by atoms with Crippen molar-refractivity contribution < 1.29 is 13.2 Å². The summed E-state index contributed by atoms with van der Waals surface area (Å²) in [6, 6.07) is 3.94. The zero-order chi connectivity index (χ0) is 23.6. The van der Waals surface area contributed by atoms with Crippen LogP contribution in [0.2, 0.25) is 0 Å². The van der Waals surface area contributed by atoms with Gasteiger partial charge >= 0.3 is 0 Å². The van der Waals surface area contributed by atoms with Gasteiger partial charge in [0.15, 0.2) is 0 Å². The van der Waals surface area contributed by atoms with Crippen LogP contribution in [-0.2, 0) is 14.8 Å². The van der Waals surface area contributed by atoms with E-state index in [1.807, 2.05) is 32.9 Å². The Morgan fingerprint density at radius 3 is 2.12 bits per heavy atom. The Morgan fingerprint density at radius 2 is 1.59 bits per heavy atom. The SMILES string of the molecule is Cc1cc(C)c(S(=O)(=O)N2CCC(C(=O)NC(C)CN3CC(C)CC(C)C3)CC2)c(C)c1. The standard InChI is InChI=1S/C25H41N3O3S/c1-17-12-20(4)24(21(5)13-17)32(30,31)28-9-7-23(8-10-28)25(29)26-22(6)16-27-14-18(2)11-19(3)15-27/h12-13,18-19,22-23H,7-11,14-16H2,1-6H3,(H,26,29). The molecule has 0 aromatic heterocycles. The molecule has 3 rings (SSSR count). The summed E-state index contributed by atoms with van der Waals surface area (Å²) in [5.41, 5.74) is 2.65. The van der Waals surface area contributed by atoms with Crippen molar-refractivity contribution in [1.29, 1.82) is 0 Å². The first kappa shape index (κ1) is 25.2. The number of nitrogens with zero attached hydrogens (tertiary/aromatic N) is 2. The van der Waals surface area contributed by atoms with Crippen LogP contribution in [0.5, 0.6) is 0 Å². The van der Waals surface area contributed by atoms with Crippen LogP contribution < -0.4 is 5.32 Å². The van der Waals surface area contributed by atoms with Crippen LogP contribution in [0, 0.1) is 38.5 Å². The number of sulfonamides is 1. The van der Waals surface area contributed by atoms with Gasteiger partial charge in [-0.3, -0.25) is 4.79 Å². The highest BCUT2D eigenvalue weighted by molar-refractivity contribution is 7.89. The number of carbonyl (C=O) groups is 1. The smallest absolute Gasteiger partial charge is 0.243 e. The first-order valence-electron chi connectivity index (χ1n) is 12.1. The number of aryl methyl sites for hydroxylation is 3. The number of piperidine rings is 2. The van der Waals surface area contributed by atoms with Crippen molar-refractivity contribution in [2.45, 2.75) is 71.7 Å². The molecule has 2 aliphatic rings. The average molecular weight is 464 g/mol. The van der Waals surface area contributed by atoms with E-state index in [2.05, 4.69) is 31.0 Å². The minimum atomic E-state index is -3.55. The third-order valence-corrected chi connectivity index (χ3v) is 9.10. The molecule has 1 aromatic carbocycles. The van der Waals surface area contributed by atoms with Gasteiger partial charge in [-0.1, -0.05) is 31.5 Å². The molecule has 180 valence electrons. The molecule has 0 bridgehead atoms. The molecule has 2 saturated heterocycles. The predicted octanol–water partition coefficient (Wildman–Crippen LogP) is 3.50. The van der Waals surface area contributed by atoms with Crippen LogP contribution >= 0.6 is 0 Å². The molecule has 1 amide bonds. The van der Waals surface area contributed by atoms with Gasteiger partial charge in [-0.25, -0.2) is 8.42 Å². The van der Waals surface area contributed by atoms with E-state index in [9.17, 15) is 13.2 Å². The molecule has 0 spiro atoms. The van der Waals surface area contributed by atoms with Crippen molar-refractivity contribution in [2.24, 2.45) is 17.8 Å². The van der Waals surface area contributed by atoms with Gasteiger partial charge in [-0.05, 0) is 69.9 Å². The molecular formula is C25H41N3O3S. The van der Waals surface area contributed by atoms with Gasteiger partial charge in [0, 0.05) is 44.7 Å². The van der Waals surface area contributed by atoms with E-state index in [-0.39, 0.29) is 17.9 Å². The fourth-order valence-electron chi connectivity index (χ4n) is 5.80. The lowest BCUT2D eigenvalue weighted by Crippen LogP contribution is -2.49. The van der Waals surface area contributed by atoms with Crippen molar-refractivity contribution in [2.75, 3.05) is 32.7 Å². The van der Waals surface area contributed by atoms with Crippen LogP contribution in [0.15, 0.2) is 17.0 Å². The van der Waals surface area contributed by atoms with Crippen molar-refractivity contribution in [1.82, 2.24) is 14.5 Å². The van der Waals surface area contributed by atoms with Crippen molar-refractivity contribution >= 4 is 15.9 Å². The predicted molar refractivity (Wildman–Crippen MR) is 129 cm³/mol. The number of hydrogen-bond donors (Lipinski definition) is 1. The number of hydrogen-bond acceptors (Lipinski definition) is 4. The zero-order valence-corrected chi connectivity index (χ0v) is 21.5. The lowest BCUT2D eigenvalue weighted by atomic mass is 9.91. The normalized spacial score (nSPS) is 24.9. The summed E-state index contributed by atoms with van der Waals surface area (Å²) in [6.45, 7) is 16.2. The van der Waals surface area contributed by atoms with E-state index in [0.717, 1.165) is 36.3 Å². The number of benzene rings is 1. The molecule has 7 heteroatoms. The summed E-state index contributed by atoms with van der Waals surface area (Å²) in [5, 5.41) is 3.19. The lowest BCUT2D eigenvalue weighted by molar-refractivity contribution is -0.126. The van der Waals surface area contributed by atoms with Crippen molar-refractivity contribution in [3.8, 4) is 0 Å². The highest BCUT2D eigenvalue weighted by Crippen LogP contribution is 2.29. The summed E-state index contributed by atoms with van der Waals surface area (Å²) < 4.78 is 28.1. The maximum Gasteiger partial charge on any atom is 0.243 e. The van der Waals surface area contributed by atoms with Crippen LogP contribution in [0.4, 0.5) is 0 Å². The molecular weight excluding hydrogens is 422 g/mol. The molecule has 3 atom stereocenters. The minimum absolute atomic E-state index is 0.0651. The van der Waals surface area contributed by atoms with Crippen LogP contribution in [-0.4, -0.2) is 62.3 Å². The molecule has 0 radical (unpaired) electrons. The maximum atomic E-state index is 13.3. The van der Waals surface area contributed by atoms with Crippen LogP contribution in [0.3, 0.4) is 0 Å². The monoisotopic (exact) mass is 463 g/mol.